The Morgan fingerprint density at radius 3 is 2.65 bits per heavy atom. The van der Waals surface area contributed by atoms with Gasteiger partial charge in [0.05, 0.1) is 17.7 Å². The minimum Gasteiger partial charge on any atom is -0.489 e. The van der Waals surface area contributed by atoms with Crippen molar-refractivity contribution >= 4 is 58.4 Å². The van der Waals surface area contributed by atoms with Crippen molar-refractivity contribution in [3.8, 4) is 17.0 Å². The van der Waals surface area contributed by atoms with E-state index in [0.29, 0.717) is 22.4 Å². The molecule has 0 bridgehead atoms. The van der Waals surface area contributed by atoms with Crippen LogP contribution in [0.3, 0.4) is 0 Å². The van der Waals surface area contributed by atoms with E-state index in [1.165, 1.54) is 23.1 Å². The standard InChI is InChI=1S/C25H19Cl2N3O2S2/c26-20-9-8-19(22(27)12-20)14-32-21-10-6-17(7-11-21)13-28-30-24(31)16-34-25-29-23(15-33-25)18-4-2-1-3-5-18/h1-13,15H,14,16H2,(H,30,31)/b28-13+. The summed E-state index contributed by atoms with van der Waals surface area (Å²) in [7, 11) is 0. The van der Waals surface area contributed by atoms with Crippen molar-refractivity contribution < 1.29 is 9.53 Å². The molecule has 4 aromatic rings. The predicted octanol–water partition coefficient (Wildman–Crippen LogP) is 6.94. The smallest absolute Gasteiger partial charge is 0.250 e. The number of hydrogen-bond acceptors (Lipinski definition) is 6. The van der Waals surface area contributed by atoms with Gasteiger partial charge in [-0.3, -0.25) is 4.79 Å². The second-order valence-electron chi connectivity index (χ2n) is 7.04. The molecule has 1 aromatic heterocycles. The molecular weight excluding hydrogens is 509 g/mol. The third-order valence-electron chi connectivity index (χ3n) is 4.57. The number of aromatic nitrogens is 1. The van der Waals surface area contributed by atoms with E-state index < -0.39 is 0 Å². The van der Waals surface area contributed by atoms with Crippen LogP contribution in [0, 0.1) is 0 Å². The van der Waals surface area contributed by atoms with Gasteiger partial charge in [0.1, 0.15) is 12.4 Å². The van der Waals surface area contributed by atoms with Crippen LogP contribution in [-0.2, 0) is 11.4 Å². The predicted molar refractivity (Wildman–Crippen MR) is 141 cm³/mol. The van der Waals surface area contributed by atoms with Crippen LogP contribution in [0.2, 0.25) is 10.0 Å². The zero-order valence-electron chi connectivity index (χ0n) is 17.8. The van der Waals surface area contributed by atoms with Gasteiger partial charge in [-0.1, -0.05) is 71.4 Å². The highest BCUT2D eigenvalue weighted by molar-refractivity contribution is 8.01. The molecule has 0 aliphatic carbocycles. The number of hydrogen-bond donors (Lipinski definition) is 1. The molecule has 0 aliphatic heterocycles. The maximum absolute atomic E-state index is 12.1. The molecule has 0 spiro atoms. The van der Waals surface area contributed by atoms with Crippen LogP contribution < -0.4 is 10.2 Å². The topological polar surface area (TPSA) is 63.6 Å². The van der Waals surface area contributed by atoms with Gasteiger partial charge in [-0.05, 0) is 42.0 Å². The third-order valence-corrected chi connectivity index (χ3v) is 7.18. The van der Waals surface area contributed by atoms with E-state index in [-0.39, 0.29) is 11.7 Å². The first-order valence-corrected chi connectivity index (χ1v) is 12.8. The number of nitrogens with zero attached hydrogens (tertiary/aromatic N) is 2. The molecule has 0 unspecified atom stereocenters. The second kappa shape index (κ2) is 12.0. The Morgan fingerprint density at radius 1 is 1.09 bits per heavy atom. The molecule has 0 fully saturated rings. The Labute approximate surface area is 215 Å². The number of amides is 1. The van der Waals surface area contributed by atoms with Gasteiger partial charge in [0.15, 0.2) is 4.34 Å². The second-order valence-corrected chi connectivity index (χ2v) is 9.96. The lowest BCUT2D eigenvalue weighted by Gasteiger charge is -2.08. The fourth-order valence-corrected chi connectivity index (χ4v) is 4.94. The summed E-state index contributed by atoms with van der Waals surface area (Å²) in [6.45, 7) is 0.336. The zero-order valence-corrected chi connectivity index (χ0v) is 20.9. The largest absolute Gasteiger partial charge is 0.489 e. The molecule has 0 radical (unpaired) electrons. The maximum atomic E-state index is 12.1. The van der Waals surface area contributed by atoms with Crippen molar-refractivity contribution in [2.75, 3.05) is 5.75 Å². The molecular formula is C25H19Cl2N3O2S2. The van der Waals surface area contributed by atoms with E-state index >= 15 is 0 Å². The number of thiazole rings is 1. The molecule has 0 saturated heterocycles. The number of halogens is 2. The molecule has 3 aromatic carbocycles. The van der Waals surface area contributed by atoms with Crippen LogP contribution in [0.5, 0.6) is 5.75 Å². The van der Waals surface area contributed by atoms with Crippen LogP contribution in [-0.4, -0.2) is 22.9 Å². The Balaban J connectivity index is 1.21. The summed E-state index contributed by atoms with van der Waals surface area (Å²) in [6.07, 6.45) is 1.58. The van der Waals surface area contributed by atoms with Crippen molar-refractivity contribution in [3.05, 3.63) is 99.3 Å². The SMILES string of the molecule is O=C(CSc1nc(-c2ccccc2)cs1)N/N=C/c1ccc(OCc2ccc(Cl)cc2Cl)cc1. The van der Waals surface area contributed by atoms with E-state index in [1.807, 2.05) is 66.0 Å². The summed E-state index contributed by atoms with van der Waals surface area (Å²) in [6, 6.07) is 22.6. The van der Waals surface area contributed by atoms with Gasteiger partial charge >= 0.3 is 0 Å². The number of ether oxygens (including phenoxy) is 1. The molecule has 0 aliphatic rings. The third kappa shape index (κ3) is 7.08. The number of rotatable bonds is 9. The highest BCUT2D eigenvalue weighted by atomic mass is 35.5. The lowest BCUT2D eigenvalue weighted by Crippen LogP contribution is -2.19. The van der Waals surface area contributed by atoms with Crippen molar-refractivity contribution in [2.45, 2.75) is 10.9 Å². The highest BCUT2D eigenvalue weighted by Gasteiger charge is 2.08. The zero-order chi connectivity index (χ0) is 23.8. The lowest BCUT2D eigenvalue weighted by atomic mass is 10.2. The van der Waals surface area contributed by atoms with E-state index in [2.05, 4.69) is 15.5 Å². The van der Waals surface area contributed by atoms with E-state index in [1.54, 1.807) is 18.3 Å². The number of thioether (sulfide) groups is 1. The maximum Gasteiger partial charge on any atom is 0.250 e. The normalized spacial score (nSPS) is 11.0. The average molecular weight is 528 g/mol. The Hall–Kier alpha value is -2.84. The summed E-state index contributed by atoms with van der Waals surface area (Å²) < 4.78 is 6.61. The summed E-state index contributed by atoms with van der Waals surface area (Å²) >= 11 is 15.0. The molecule has 0 atom stereocenters. The number of carbonyl (C=O) groups is 1. The van der Waals surface area contributed by atoms with Gasteiger partial charge in [-0.25, -0.2) is 10.4 Å². The lowest BCUT2D eigenvalue weighted by molar-refractivity contribution is -0.118. The molecule has 0 saturated carbocycles. The molecule has 34 heavy (non-hydrogen) atoms. The number of hydrazone groups is 1. The fraction of sp³-hybridized carbons (Fsp3) is 0.0800. The number of nitrogens with one attached hydrogen (secondary N) is 1. The Kier molecular flexibility index (Phi) is 8.60. The molecule has 4 rings (SSSR count). The van der Waals surface area contributed by atoms with Crippen LogP contribution in [0.15, 0.2) is 87.6 Å². The molecule has 1 N–H and O–H groups in total. The van der Waals surface area contributed by atoms with Crippen molar-refractivity contribution in [1.82, 2.24) is 10.4 Å². The van der Waals surface area contributed by atoms with Gasteiger partial charge in [-0.2, -0.15) is 5.10 Å². The highest BCUT2D eigenvalue weighted by Crippen LogP contribution is 2.28. The Morgan fingerprint density at radius 2 is 1.88 bits per heavy atom. The quantitative estimate of drug-likeness (QED) is 0.145. The first-order valence-electron chi connectivity index (χ1n) is 10.2. The van der Waals surface area contributed by atoms with Gasteiger partial charge in [0, 0.05) is 26.6 Å². The van der Waals surface area contributed by atoms with Crippen molar-refractivity contribution in [3.63, 3.8) is 0 Å². The summed E-state index contributed by atoms with van der Waals surface area (Å²) in [5.74, 6) is 0.735. The number of benzene rings is 3. The van der Waals surface area contributed by atoms with Gasteiger partial charge in [0.2, 0.25) is 0 Å². The number of carbonyl (C=O) groups excluding carboxylic acids is 1. The molecule has 172 valence electrons. The van der Waals surface area contributed by atoms with E-state index in [4.69, 9.17) is 27.9 Å². The molecule has 5 nitrogen and oxygen atoms in total. The molecule has 9 heteroatoms. The van der Waals surface area contributed by atoms with Crippen LogP contribution >= 0.6 is 46.3 Å². The minimum absolute atomic E-state index is 0.197. The monoisotopic (exact) mass is 527 g/mol. The summed E-state index contributed by atoms with van der Waals surface area (Å²) in [4.78, 5) is 16.7. The van der Waals surface area contributed by atoms with Crippen molar-refractivity contribution in [1.29, 1.82) is 0 Å². The fourth-order valence-electron chi connectivity index (χ4n) is 2.85. The van der Waals surface area contributed by atoms with E-state index in [9.17, 15) is 4.79 Å². The summed E-state index contributed by atoms with van der Waals surface area (Å²) in [5, 5.41) is 7.17. The van der Waals surface area contributed by atoms with Crippen LogP contribution in [0.1, 0.15) is 11.1 Å². The Bertz CT molecular complexity index is 1280. The van der Waals surface area contributed by atoms with Crippen molar-refractivity contribution in [2.24, 2.45) is 5.10 Å². The van der Waals surface area contributed by atoms with E-state index in [0.717, 1.165) is 26.7 Å². The first kappa shape index (κ1) is 24.3. The first-order chi connectivity index (χ1) is 16.6. The van der Waals surface area contributed by atoms with Gasteiger partial charge in [-0.15, -0.1) is 11.3 Å². The average Bonchev–Trinajstić information content (AvgIpc) is 3.33. The van der Waals surface area contributed by atoms with Crippen LogP contribution in [0.4, 0.5) is 0 Å². The minimum atomic E-state index is -0.197. The van der Waals surface area contributed by atoms with Gasteiger partial charge < -0.3 is 4.74 Å². The van der Waals surface area contributed by atoms with Gasteiger partial charge in [0.25, 0.3) is 5.91 Å². The molecule has 1 amide bonds. The molecule has 1 heterocycles. The van der Waals surface area contributed by atoms with Crippen LogP contribution in [0.25, 0.3) is 11.3 Å². The summed E-state index contributed by atoms with van der Waals surface area (Å²) in [5.41, 5.74) is 6.20.